The average Bonchev–Trinajstić information content (AvgIpc) is 3.21. The molecule has 0 heterocycles. The number of amides is 1. The summed E-state index contributed by atoms with van der Waals surface area (Å²) < 4.78 is 26.4. The van der Waals surface area contributed by atoms with E-state index in [-0.39, 0.29) is 16.8 Å². The number of nitrogens with zero attached hydrogens (tertiary/aromatic N) is 1. The molecule has 0 radical (unpaired) electrons. The number of carbonyl (C=O) groups is 1. The van der Waals surface area contributed by atoms with E-state index in [1.807, 2.05) is 6.92 Å². The summed E-state index contributed by atoms with van der Waals surface area (Å²) >= 11 is 0. The Hall–Kier alpha value is -1.40. The molecule has 1 atom stereocenters. The van der Waals surface area contributed by atoms with Crippen LogP contribution in [0.1, 0.15) is 26.7 Å². The van der Waals surface area contributed by atoms with E-state index in [1.165, 1.54) is 23.4 Å². The maximum atomic E-state index is 12.5. The highest BCUT2D eigenvalue weighted by Gasteiger charge is 2.35. The molecule has 5 nitrogen and oxygen atoms in total. The predicted molar refractivity (Wildman–Crippen MR) is 77.9 cm³/mol. The number of rotatable bonds is 5. The molecule has 1 amide bonds. The van der Waals surface area contributed by atoms with Gasteiger partial charge in [-0.25, -0.2) is 8.42 Å². The van der Waals surface area contributed by atoms with Crippen molar-refractivity contribution in [3.8, 4) is 0 Å². The fourth-order valence-corrected chi connectivity index (χ4v) is 3.60. The minimum atomic E-state index is -3.47. The normalized spacial score (nSPS) is 17.0. The zero-order chi connectivity index (χ0) is 14.9. The summed E-state index contributed by atoms with van der Waals surface area (Å²) in [6.45, 7) is 3.36. The number of hydrogen-bond donors (Lipinski definition) is 1. The van der Waals surface area contributed by atoms with Gasteiger partial charge in [-0.05, 0) is 49.9 Å². The second-order valence-electron chi connectivity index (χ2n) is 5.30. The number of hydrogen-bond acceptors (Lipinski definition) is 3. The van der Waals surface area contributed by atoms with E-state index in [4.69, 9.17) is 0 Å². The van der Waals surface area contributed by atoms with Crippen LogP contribution in [-0.2, 0) is 14.8 Å². The molecule has 1 unspecified atom stereocenters. The zero-order valence-electron chi connectivity index (χ0n) is 12.0. The van der Waals surface area contributed by atoms with Crippen LogP contribution in [0.25, 0.3) is 0 Å². The Bertz CT molecular complexity index is 591. The van der Waals surface area contributed by atoms with Crippen LogP contribution < -0.4 is 5.32 Å². The first-order valence-electron chi connectivity index (χ1n) is 6.68. The van der Waals surface area contributed by atoms with Gasteiger partial charge in [-0.2, -0.15) is 4.31 Å². The van der Waals surface area contributed by atoms with E-state index in [0.717, 1.165) is 12.8 Å². The van der Waals surface area contributed by atoms with Crippen LogP contribution in [0.15, 0.2) is 29.2 Å². The SMILES string of the molecule is CC(=O)Nc1ccc(S(=O)(=O)N(C)C(C)C2CC2)cc1. The molecule has 1 aromatic carbocycles. The van der Waals surface area contributed by atoms with E-state index in [9.17, 15) is 13.2 Å². The van der Waals surface area contributed by atoms with Gasteiger partial charge in [-0.1, -0.05) is 0 Å². The van der Waals surface area contributed by atoms with Crippen molar-refractivity contribution in [1.29, 1.82) is 0 Å². The second-order valence-corrected chi connectivity index (χ2v) is 7.30. The molecule has 1 aliphatic carbocycles. The highest BCUT2D eigenvalue weighted by Crippen LogP contribution is 2.36. The van der Waals surface area contributed by atoms with Gasteiger partial charge in [-0.15, -0.1) is 0 Å². The number of nitrogens with one attached hydrogen (secondary N) is 1. The lowest BCUT2D eigenvalue weighted by atomic mass is 10.2. The van der Waals surface area contributed by atoms with Crippen LogP contribution in [0.5, 0.6) is 0 Å². The summed E-state index contributed by atoms with van der Waals surface area (Å²) in [6, 6.07) is 6.27. The first-order valence-corrected chi connectivity index (χ1v) is 8.12. The average molecular weight is 296 g/mol. The van der Waals surface area contributed by atoms with Crippen LogP contribution in [0.3, 0.4) is 0 Å². The third kappa shape index (κ3) is 3.19. The summed E-state index contributed by atoms with van der Waals surface area (Å²) in [6.07, 6.45) is 2.20. The third-order valence-corrected chi connectivity index (χ3v) is 5.69. The second kappa shape index (κ2) is 5.54. The number of benzene rings is 1. The quantitative estimate of drug-likeness (QED) is 0.904. The summed E-state index contributed by atoms with van der Waals surface area (Å²) in [4.78, 5) is 11.2. The Labute approximate surface area is 120 Å². The molecular weight excluding hydrogens is 276 g/mol. The highest BCUT2D eigenvalue weighted by molar-refractivity contribution is 7.89. The fraction of sp³-hybridized carbons (Fsp3) is 0.500. The molecule has 110 valence electrons. The molecule has 1 aliphatic rings. The third-order valence-electron chi connectivity index (χ3n) is 3.73. The molecule has 6 heteroatoms. The summed E-state index contributed by atoms with van der Waals surface area (Å²) in [5.74, 6) is 0.300. The fourth-order valence-electron chi connectivity index (χ4n) is 2.17. The van der Waals surface area contributed by atoms with Gasteiger partial charge in [0.05, 0.1) is 4.90 Å². The van der Waals surface area contributed by atoms with Crippen LogP contribution in [0.2, 0.25) is 0 Å². The molecular formula is C14H20N2O3S. The molecule has 20 heavy (non-hydrogen) atoms. The van der Waals surface area contributed by atoms with Gasteiger partial charge in [0, 0.05) is 25.7 Å². The maximum Gasteiger partial charge on any atom is 0.243 e. The minimum Gasteiger partial charge on any atom is -0.326 e. The van der Waals surface area contributed by atoms with Crippen LogP contribution in [0.4, 0.5) is 5.69 Å². The van der Waals surface area contributed by atoms with E-state index < -0.39 is 10.0 Å². The molecule has 0 aliphatic heterocycles. The van der Waals surface area contributed by atoms with E-state index in [2.05, 4.69) is 5.32 Å². The topological polar surface area (TPSA) is 66.5 Å². The standard InChI is InChI=1S/C14H20N2O3S/c1-10(12-4-5-12)16(3)20(18,19)14-8-6-13(7-9-14)15-11(2)17/h6-10,12H,4-5H2,1-3H3,(H,15,17). The maximum absolute atomic E-state index is 12.5. The zero-order valence-corrected chi connectivity index (χ0v) is 12.8. The van der Waals surface area contributed by atoms with Crippen molar-refractivity contribution in [3.05, 3.63) is 24.3 Å². The van der Waals surface area contributed by atoms with Gasteiger partial charge in [0.25, 0.3) is 0 Å². The van der Waals surface area contributed by atoms with E-state index >= 15 is 0 Å². The van der Waals surface area contributed by atoms with Gasteiger partial charge < -0.3 is 5.32 Å². The molecule has 2 rings (SSSR count). The summed E-state index contributed by atoms with van der Waals surface area (Å²) in [5.41, 5.74) is 0.592. The lowest BCUT2D eigenvalue weighted by molar-refractivity contribution is -0.114. The van der Waals surface area contributed by atoms with Crippen molar-refractivity contribution in [3.63, 3.8) is 0 Å². The predicted octanol–water partition coefficient (Wildman–Crippen LogP) is 2.06. The van der Waals surface area contributed by atoms with Gasteiger partial charge in [-0.3, -0.25) is 4.79 Å². The number of carbonyl (C=O) groups excluding carboxylic acids is 1. The first kappa shape index (κ1) is 15.0. The number of sulfonamides is 1. The van der Waals surface area contributed by atoms with Crippen molar-refractivity contribution in [2.45, 2.75) is 37.6 Å². The van der Waals surface area contributed by atoms with Crippen LogP contribution in [-0.4, -0.2) is 31.7 Å². The Balaban J connectivity index is 2.18. The molecule has 0 bridgehead atoms. The molecule has 0 aromatic heterocycles. The Morgan fingerprint density at radius 2 is 1.85 bits per heavy atom. The number of anilines is 1. The molecule has 1 saturated carbocycles. The largest absolute Gasteiger partial charge is 0.326 e. The Morgan fingerprint density at radius 1 is 1.30 bits per heavy atom. The molecule has 1 aromatic rings. The molecule has 1 fully saturated rings. The molecule has 1 N–H and O–H groups in total. The van der Waals surface area contributed by atoms with Gasteiger partial charge >= 0.3 is 0 Å². The van der Waals surface area contributed by atoms with E-state index in [1.54, 1.807) is 19.2 Å². The molecule has 0 spiro atoms. The van der Waals surface area contributed by atoms with Gasteiger partial charge in [0.2, 0.25) is 15.9 Å². The van der Waals surface area contributed by atoms with E-state index in [0.29, 0.717) is 11.6 Å². The van der Waals surface area contributed by atoms with Crippen molar-refractivity contribution >= 4 is 21.6 Å². The van der Waals surface area contributed by atoms with Crippen molar-refractivity contribution in [2.75, 3.05) is 12.4 Å². The van der Waals surface area contributed by atoms with Crippen molar-refractivity contribution < 1.29 is 13.2 Å². The smallest absolute Gasteiger partial charge is 0.243 e. The summed E-state index contributed by atoms with van der Waals surface area (Å²) in [5, 5.41) is 2.62. The summed E-state index contributed by atoms with van der Waals surface area (Å²) in [7, 11) is -1.84. The van der Waals surface area contributed by atoms with Crippen molar-refractivity contribution in [1.82, 2.24) is 4.31 Å². The van der Waals surface area contributed by atoms with Crippen molar-refractivity contribution in [2.24, 2.45) is 5.92 Å². The van der Waals surface area contributed by atoms with Crippen LogP contribution >= 0.6 is 0 Å². The van der Waals surface area contributed by atoms with Crippen LogP contribution in [0, 0.1) is 5.92 Å². The first-order chi connectivity index (χ1) is 9.32. The Kier molecular flexibility index (Phi) is 4.15. The minimum absolute atomic E-state index is 0.0232. The monoisotopic (exact) mass is 296 g/mol. The van der Waals surface area contributed by atoms with Gasteiger partial charge in [0.15, 0.2) is 0 Å². The lowest BCUT2D eigenvalue weighted by Crippen LogP contribution is -2.36. The van der Waals surface area contributed by atoms with Gasteiger partial charge in [0.1, 0.15) is 0 Å². The Morgan fingerprint density at radius 3 is 2.30 bits per heavy atom. The highest BCUT2D eigenvalue weighted by atomic mass is 32.2. The lowest BCUT2D eigenvalue weighted by Gasteiger charge is -2.24. The molecule has 0 saturated heterocycles.